The fourth-order valence-corrected chi connectivity index (χ4v) is 4.39. The van der Waals surface area contributed by atoms with Gasteiger partial charge in [-0.3, -0.25) is 9.69 Å². The summed E-state index contributed by atoms with van der Waals surface area (Å²) in [5.74, 6) is -0.175. The fraction of sp³-hybridized carbons (Fsp3) is 0.375. The van der Waals surface area contributed by atoms with Crippen molar-refractivity contribution in [3.63, 3.8) is 0 Å². The van der Waals surface area contributed by atoms with Crippen LogP contribution in [0.5, 0.6) is 11.5 Å². The number of benzene rings is 2. The van der Waals surface area contributed by atoms with Crippen molar-refractivity contribution in [2.75, 3.05) is 51.9 Å². The standard InChI is InChI=1S/C24H25FN4O4/c1-31-20-12-17-18(13-21(20)33-8-2-5-29-6-9-32-10-7-29)26-14-27-23(17)22-16-4-3-15(25)11-19(16)28-24(22)30/h3-4,11-14,22H,2,5-10H2,1H3,(H,28,30). The second-order valence-corrected chi connectivity index (χ2v) is 8.09. The van der Waals surface area contributed by atoms with Gasteiger partial charge in [0.2, 0.25) is 5.91 Å². The lowest BCUT2D eigenvalue weighted by Crippen LogP contribution is -2.37. The van der Waals surface area contributed by atoms with Crippen LogP contribution in [0, 0.1) is 5.82 Å². The van der Waals surface area contributed by atoms with E-state index in [1.54, 1.807) is 19.2 Å². The van der Waals surface area contributed by atoms with Crippen LogP contribution in [0.15, 0.2) is 36.7 Å². The second kappa shape index (κ2) is 9.29. The average Bonchev–Trinajstić information content (AvgIpc) is 3.16. The van der Waals surface area contributed by atoms with E-state index in [0.717, 1.165) is 39.3 Å². The van der Waals surface area contributed by atoms with E-state index < -0.39 is 11.7 Å². The van der Waals surface area contributed by atoms with Crippen molar-refractivity contribution >= 4 is 22.5 Å². The topological polar surface area (TPSA) is 85.8 Å². The Bertz CT molecular complexity index is 1180. The van der Waals surface area contributed by atoms with Crippen molar-refractivity contribution in [2.24, 2.45) is 0 Å². The number of morpholine rings is 1. The van der Waals surface area contributed by atoms with E-state index in [1.165, 1.54) is 18.5 Å². The zero-order chi connectivity index (χ0) is 22.8. The predicted octanol–water partition coefficient (Wildman–Crippen LogP) is 2.96. The lowest BCUT2D eigenvalue weighted by molar-refractivity contribution is -0.116. The van der Waals surface area contributed by atoms with Crippen molar-refractivity contribution in [2.45, 2.75) is 12.3 Å². The molecule has 1 atom stereocenters. The molecule has 0 bridgehead atoms. The number of ether oxygens (including phenoxy) is 3. The molecule has 9 heteroatoms. The summed E-state index contributed by atoms with van der Waals surface area (Å²) in [6.07, 6.45) is 2.31. The Morgan fingerprint density at radius 2 is 2.03 bits per heavy atom. The summed E-state index contributed by atoms with van der Waals surface area (Å²) in [7, 11) is 1.57. The molecule has 3 aromatic rings. The van der Waals surface area contributed by atoms with E-state index in [-0.39, 0.29) is 5.91 Å². The van der Waals surface area contributed by atoms with Gasteiger partial charge in [-0.1, -0.05) is 6.07 Å². The Morgan fingerprint density at radius 3 is 2.85 bits per heavy atom. The molecule has 1 amide bonds. The zero-order valence-electron chi connectivity index (χ0n) is 18.3. The third-order valence-electron chi connectivity index (χ3n) is 6.05. The van der Waals surface area contributed by atoms with Crippen LogP contribution in [0.25, 0.3) is 10.9 Å². The van der Waals surface area contributed by atoms with Crippen molar-refractivity contribution < 1.29 is 23.4 Å². The van der Waals surface area contributed by atoms with E-state index in [4.69, 9.17) is 14.2 Å². The van der Waals surface area contributed by atoms with E-state index >= 15 is 0 Å². The van der Waals surface area contributed by atoms with Gasteiger partial charge in [0, 0.05) is 36.8 Å². The minimum atomic E-state index is -0.656. The van der Waals surface area contributed by atoms with Gasteiger partial charge >= 0.3 is 0 Å². The molecule has 0 saturated carbocycles. The summed E-state index contributed by atoms with van der Waals surface area (Å²) in [5, 5.41) is 3.43. The molecule has 8 nitrogen and oxygen atoms in total. The number of carbonyl (C=O) groups is 1. The fourth-order valence-electron chi connectivity index (χ4n) is 4.39. The highest BCUT2D eigenvalue weighted by Gasteiger charge is 2.34. The lowest BCUT2D eigenvalue weighted by atomic mass is 9.94. The first-order chi connectivity index (χ1) is 16.1. The molecule has 2 aliphatic heterocycles. The van der Waals surface area contributed by atoms with Crippen molar-refractivity contribution in [3.8, 4) is 11.5 Å². The maximum absolute atomic E-state index is 13.6. The number of nitrogens with zero attached hydrogens (tertiary/aromatic N) is 3. The van der Waals surface area contributed by atoms with Gasteiger partial charge in [0.25, 0.3) is 0 Å². The van der Waals surface area contributed by atoms with Gasteiger partial charge in [0.1, 0.15) is 18.1 Å². The van der Waals surface area contributed by atoms with Gasteiger partial charge in [-0.15, -0.1) is 0 Å². The van der Waals surface area contributed by atoms with Gasteiger partial charge in [-0.25, -0.2) is 14.4 Å². The van der Waals surface area contributed by atoms with Crippen LogP contribution >= 0.6 is 0 Å². The molecule has 2 aromatic carbocycles. The number of rotatable bonds is 7. The highest BCUT2D eigenvalue weighted by molar-refractivity contribution is 6.06. The lowest BCUT2D eigenvalue weighted by Gasteiger charge is -2.26. The highest BCUT2D eigenvalue weighted by Crippen LogP contribution is 2.41. The third kappa shape index (κ3) is 4.34. The van der Waals surface area contributed by atoms with E-state index in [2.05, 4.69) is 20.2 Å². The summed E-state index contributed by atoms with van der Waals surface area (Å²) >= 11 is 0. The predicted molar refractivity (Wildman–Crippen MR) is 120 cm³/mol. The van der Waals surface area contributed by atoms with Crippen LogP contribution in [0.1, 0.15) is 23.6 Å². The number of fused-ring (bicyclic) bond motifs is 2. The van der Waals surface area contributed by atoms with E-state index in [0.29, 0.717) is 46.0 Å². The summed E-state index contributed by atoms with van der Waals surface area (Å²) in [5.41, 5.74) is 2.33. The highest BCUT2D eigenvalue weighted by atomic mass is 19.1. The minimum absolute atomic E-state index is 0.252. The summed E-state index contributed by atoms with van der Waals surface area (Å²) in [6, 6.07) is 7.90. The van der Waals surface area contributed by atoms with Crippen LogP contribution in [0.2, 0.25) is 0 Å². The third-order valence-corrected chi connectivity index (χ3v) is 6.05. The molecule has 1 aromatic heterocycles. The molecule has 1 saturated heterocycles. The maximum atomic E-state index is 13.6. The number of carbonyl (C=O) groups excluding carboxylic acids is 1. The van der Waals surface area contributed by atoms with Crippen LogP contribution in [-0.2, 0) is 9.53 Å². The number of hydrogen-bond donors (Lipinski definition) is 1. The zero-order valence-corrected chi connectivity index (χ0v) is 18.3. The Balaban J connectivity index is 1.39. The molecule has 1 unspecified atom stereocenters. The molecular weight excluding hydrogens is 427 g/mol. The van der Waals surface area contributed by atoms with Gasteiger partial charge in [0.15, 0.2) is 11.5 Å². The SMILES string of the molecule is COc1cc2c(C3C(=O)Nc4cc(F)ccc43)ncnc2cc1OCCCN1CCOCC1. The second-order valence-electron chi connectivity index (χ2n) is 8.09. The van der Waals surface area contributed by atoms with Crippen molar-refractivity contribution in [1.29, 1.82) is 0 Å². The Morgan fingerprint density at radius 1 is 1.18 bits per heavy atom. The van der Waals surface area contributed by atoms with Gasteiger partial charge in [-0.05, 0) is 30.2 Å². The smallest absolute Gasteiger partial charge is 0.238 e. The van der Waals surface area contributed by atoms with Crippen molar-refractivity contribution in [3.05, 3.63) is 53.7 Å². The first-order valence-corrected chi connectivity index (χ1v) is 11.0. The Labute approximate surface area is 190 Å². The molecule has 33 heavy (non-hydrogen) atoms. The molecule has 3 heterocycles. The number of anilines is 1. The van der Waals surface area contributed by atoms with Gasteiger partial charge in [-0.2, -0.15) is 0 Å². The van der Waals surface area contributed by atoms with Crippen LogP contribution in [-0.4, -0.2) is 67.3 Å². The molecule has 5 rings (SSSR count). The minimum Gasteiger partial charge on any atom is -0.493 e. The number of nitrogens with one attached hydrogen (secondary N) is 1. The van der Waals surface area contributed by atoms with E-state index in [9.17, 15) is 9.18 Å². The quantitative estimate of drug-likeness (QED) is 0.552. The number of amides is 1. The van der Waals surface area contributed by atoms with Crippen LogP contribution in [0.4, 0.5) is 10.1 Å². The van der Waals surface area contributed by atoms with Gasteiger partial charge < -0.3 is 19.5 Å². The maximum Gasteiger partial charge on any atom is 0.238 e. The summed E-state index contributed by atoms with van der Waals surface area (Å²) in [6.45, 7) is 4.94. The first kappa shape index (κ1) is 21.5. The average molecular weight is 452 g/mol. The largest absolute Gasteiger partial charge is 0.493 e. The Kier molecular flexibility index (Phi) is 6.06. The normalized spacial score (nSPS) is 18.2. The van der Waals surface area contributed by atoms with Crippen LogP contribution in [0.3, 0.4) is 0 Å². The molecular formula is C24H25FN4O4. The molecule has 1 N–H and O–H groups in total. The molecule has 0 spiro atoms. The first-order valence-electron chi connectivity index (χ1n) is 11.0. The van der Waals surface area contributed by atoms with E-state index in [1.807, 2.05) is 6.07 Å². The summed E-state index contributed by atoms with van der Waals surface area (Å²) < 4.78 is 30.6. The molecule has 1 fully saturated rings. The number of methoxy groups -OCH3 is 1. The number of aromatic nitrogens is 2. The Hall–Kier alpha value is -3.30. The molecule has 172 valence electrons. The summed E-state index contributed by atoms with van der Waals surface area (Å²) in [4.78, 5) is 23.9. The molecule has 2 aliphatic rings. The number of hydrogen-bond acceptors (Lipinski definition) is 7. The molecule has 0 radical (unpaired) electrons. The van der Waals surface area contributed by atoms with Gasteiger partial charge in [0.05, 0.1) is 38.1 Å². The monoisotopic (exact) mass is 452 g/mol. The van der Waals surface area contributed by atoms with Crippen molar-refractivity contribution in [1.82, 2.24) is 14.9 Å². The molecule has 0 aliphatic carbocycles. The van der Waals surface area contributed by atoms with Crippen LogP contribution < -0.4 is 14.8 Å². The number of halogens is 1.